The number of piperidine rings is 1. The molecule has 1 saturated heterocycles. The molecular formula is C22H30N2O3. The highest BCUT2D eigenvalue weighted by molar-refractivity contribution is 5.77. The largest absolute Gasteiger partial charge is 0.484 e. The van der Waals surface area contributed by atoms with Gasteiger partial charge in [-0.25, -0.2) is 0 Å². The van der Waals surface area contributed by atoms with Crippen molar-refractivity contribution in [2.24, 2.45) is 0 Å². The molecule has 2 heterocycles. The Morgan fingerprint density at radius 1 is 1.11 bits per heavy atom. The highest BCUT2D eigenvalue weighted by Crippen LogP contribution is 2.25. The van der Waals surface area contributed by atoms with Crippen LogP contribution in [0.4, 0.5) is 0 Å². The second-order valence-electron chi connectivity index (χ2n) is 7.40. The lowest BCUT2D eigenvalue weighted by molar-refractivity contribution is -0.123. The predicted molar refractivity (Wildman–Crippen MR) is 106 cm³/mol. The van der Waals surface area contributed by atoms with E-state index in [1.54, 1.807) is 0 Å². The van der Waals surface area contributed by atoms with Gasteiger partial charge in [-0.1, -0.05) is 12.5 Å². The van der Waals surface area contributed by atoms with Gasteiger partial charge in [-0.3, -0.25) is 9.69 Å². The molecular weight excluding hydrogens is 340 g/mol. The van der Waals surface area contributed by atoms with E-state index in [2.05, 4.69) is 17.1 Å². The van der Waals surface area contributed by atoms with Crippen molar-refractivity contribution in [1.29, 1.82) is 0 Å². The first-order valence-electron chi connectivity index (χ1n) is 9.80. The molecule has 146 valence electrons. The highest BCUT2D eigenvalue weighted by atomic mass is 16.5. The van der Waals surface area contributed by atoms with E-state index >= 15 is 0 Å². The minimum Gasteiger partial charge on any atom is -0.484 e. The maximum atomic E-state index is 12.3. The fourth-order valence-electron chi connectivity index (χ4n) is 3.49. The number of aryl methyl sites for hydroxylation is 3. The Balaban J connectivity index is 1.55. The molecule has 0 aliphatic carbocycles. The molecule has 1 aliphatic rings. The number of carbonyl (C=O) groups is 1. The third-order valence-electron chi connectivity index (χ3n) is 5.26. The molecule has 2 aromatic rings. The van der Waals surface area contributed by atoms with Gasteiger partial charge in [-0.2, -0.15) is 0 Å². The molecule has 1 atom stereocenters. The first kappa shape index (κ1) is 19.5. The van der Waals surface area contributed by atoms with Crippen LogP contribution in [0.1, 0.15) is 48.0 Å². The molecule has 1 aliphatic heterocycles. The van der Waals surface area contributed by atoms with Crippen LogP contribution in [0, 0.1) is 20.8 Å². The van der Waals surface area contributed by atoms with E-state index in [1.165, 1.54) is 24.8 Å². The van der Waals surface area contributed by atoms with E-state index < -0.39 is 0 Å². The van der Waals surface area contributed by atoms with E-state index in [4.69, 9.17) is 9.15 Å². The molecule has 1 N–H and O–H groups in total. The lowest BCUT2D eigenvalue weighted by Crippen LogP contribution is -2.41. The number of carbonyl (C=O) groups excluding carboxylic acids is 1. The van der Waals surface area contributed by atoms with Gasteiger partial charge in [0.25, 0.3) is 5.91 Å². The Morgan fingerprint density at radius 2 is 1.89 bits per heavy atom. The first-order chi connectivity index (χ1) is 13.0. The van der Waals surface area contributed by atoms with E-state index in [-0.39, 0.29) is 18.6 Å². The number of likely N-dealkylation sites (tertiary alicyclic amines) is 1. The maximum absolute atomic E-state index is 12.3. The maximum Gasteiger partial charge on any atom is 0.258 e. The third-order valence-corrected chi connectivity index (χ3v) is 5.26. The van der Waals surface area contributed by atoms with Crippen molar-refractivity contribution >= 4 is 5.91 Å². The molecule has 3 rings (SSSR count). The van der Waals surface area contributed by atoms with Gasteiger partial charge in [0.2, 0.25) is 0 Å². The molecule has 0 unspecified atom stereocenters. The number of ether oxygens (including phenoxy) is 1. The average Bonchev–Trinajstić information content (AvgIpc) is 3.10. The average molecular weight is 370 g/mol. The fraction of sp³-hybridized carbons (Fsp3) is 0.500. The molecule has 0 radical (unpaired) electrons. The van der Waals surface area contributed by atoms with Crippen molar-refractivity contribution in [3.05, 3.63) is 53.0 Å². The monoisotopic (exact) mass is 370 g/mol. The Morgan fingerprint density at radius 3 is 2.56 bits per heavy atom. The van der Waals surface area contributed by atoms with Crippen molar-refractivity contribution in [3.8, 4) is 5.75 Å². The Bertz CT molecular complexity index is 763. The normalized spacial score (nSPS) is 16.1. The van der Waals surface area contributed by atoms with Crippen LogP contribution in [0.2, 0.25) is 0 Å². The van der Waals surface area contributed by atoms with Crippen LogP contribution in [0.25, 0.3) is 0 Å². The number of nitrogens with one attached hydrogen (secondary N) is 1. The van der Waals surface area contributed by atoms with Gasteiger partial charge in [-0.15, -0.1) is 0 Å². The standard InChI is InChI=1S/C22H30N2O3/c1-16-7-9-19(13-17(16)2)26-15-22(25)23-14-20(21-10-8-18(3)27-21)24-11-5-4-6-12-24/h7-10,13,20H,4-6,11-12,14-15H2,1-3H3,(H,23,25)/t20-/m0/s1. The number of amides is 1. The molecule has 27 heavy (non-hydrogen) atoms. The van der Waals surface area contributed by atoms with E-state index in [0.29, 0.717) is 6.54 Å². The number of nitrogens with zero attached hydrogens (tertiary/aromatic N) is 1. The minimum absolute atomic E-state index is 0.0202. The summed E-state index contributed by atoms with van der Waals surface area (Å²) in [5, 5.41) is 3.02. The number of hydrogen-bond acceptors (Lipinski definition) is 4. The van der Waals surface area contributed by atoms with Crippen LogP contribution in [0.15, 0.2) is 34.7 Å². The lowest BCUT2D eigenvalue weighted by atomic mass is 10.1. The summed E-state index contributed by atoms with van der Waals surface area (Å²) in [4.78, 5) is 14.7. The first-order valence-corrected chi connectivity index (χ1v) is 9.80. The summed E-state index contributed by atoms with van der Waals surface area (Å²) in [6, 6.07) is 9.95. The molecule has 0 bridgehead atoms. The quantitative estimate of drug-likeness (QED) is 0.802. The molecule has 5 nitrogen and oxygen atoms in total. The molecule has 1 fully saturated rings. The summed E-state index contributed by atoms with van der Waals surface area (Å²) in [7, 11) is 0. The van der Waals surface area contributed by atoms with Crippen molar-refractivity contribution in [1.82, 2.24) is 10.2 Å². The molecule has 0 saturated carbocycles. The van der Waals surface area contributed by atoms with Gasteiger partial charge in [0.15, 0.2) is 6.61 Å². The zero-order valence-corrected chi connectivity index (χ0v) is 16.6. The van der Waals surface area contributed by atoms with Crippen molar-refractivity contribution < 1.29 is 13.9 Å². The van der Waals surface area contributed by atoms with Crippen LogP contribution in [-0.4, -0.2) is 37.0 Å². The molecule has 1 aromatic heterocycles. The molecule has 1 amide bonds. The predicted octanol–water partition coefficient (Wildman–Crippen LogP) is 3.93. The minimum atomic E-state index is -0.112. The van der Waals surface area contributed by atoms with Crippen molar-refractivity contribution in [2.75, 3.05) is 26.2 Å². The SMILES string of the molecule is Cc1ccc([C@H](CNC(=O)COc2ccc(C)c(C)c2)N2CCCCC2)o1. The number of hydrogen-bond donors (Lipinski definition) is 1. The zero-order valence-electron chi connectivity index (χ0n) is 16.6. The summed E-state index contributed by atoms with van der Waals surface area (Å²) >= 11 is 0. The van der Waals surface area contributed by atoms with Gasteiger partial charge >= 0.3 is 0 Å². The highest BCUT2D eigenvalue weighted by Gasteiger charge is 2.25. The molecule has 5 heteroatoms. The van der Waals surface area contributed by atoms with Gasteiger partial charge in [0.05, 0.1) is 6.04 Å². The van der Waals surface area contributed by atoms with E-state index in [1.807, 2.05) is 44.2 Å². The van der Waals surface area contributed by atoms with Gasteiger partial charge in [0, 0.05) is 6.54 Å². The lowest BCUT2D eigenvalue weighted by Gasteiger charge is -2.33. The van der Waals surface area contributed by atoms with E-state index in [9.17, 15) is 4.79 Å². The summed E-state index contributed by atoms with van der Waals surface area (Å²) < 4.78 is 11.5. The topological polar surface area (TPSA) is 54.7 Å². The number of benzene rings is 1. The number of furan rings is 1. The van der Waals surface area contributed by atoms with Crippen LogP contribution in [-0.2, 0) is 4.79 Å². The summed E-state index contributed by atoms with van der Waals surface area (Å²) in [5.41, 5.74) is 2.37. The molecule has 1 aromatic carbocycles. The molecule has 0 spiro atoms. The summed E-state index contributed by atoms with van der Waals surface area (Å²) in [6.45, 7) is 8.68. The summed E-state index contributed by atoms with van der Waals surface area (Å²) in [6.07, 6.45) is 3.66. The van der Waals surface area contributed by atoms with Crippen LogP contribution < -0.4 is 10.1 Å². The van der Waals surface area contributed by atoms with E-state index in [0.717, 1.165) is 35.9 Å². The van der Waals surface area contributed by atoms with Gasteiger partial charge in [-0.05, 0) is 82.1 Å². The van der Waals surface area contributed by atoms with Crippen molar-refractivity contribution in [2.45, 2.75) is 46.1 Å². The van der Waals surface area contributed by atoms with Crippen LogP contribution in [0.5, 0.6) is 5.75 Å². The Hall–Kier alpha value is -2.27. The Labute approximate surface area is 161 Å². The van der Waals surface area contributed by atoms with Crippen LogP contribution >= 0.6 is 0 Å². The van der Waals surface area contributed by atoms with Crippen molar-refractivity contribution in [3.63, 3.8) is 0 Å². The van der Waals surface area contributed by atoms with Crippen LogP contribution in [0.3, 0.4) is 0 Å². The summed E-state index contributed by atoms with van der Waals surface area (Å²) in [5.74, 6) is 2.43. The smallest absolute Gasteiger partial charge is 0.258 e. The number of rotatable bonds is 7. The van der Waals surface area contributed by atoms with Gasteiger partial charge < -0.3 is 14.5 Å². The zero-order chi connectivity index (χ0) is 19.2. The third kappa shape index (κ3) is 5.36. The Kier molecular flexibility index (Phi) is 6.56. The second-order valence-corrected chi connectivity index (χ2v) is 7.40. The second kappa shape index (κ2) is 9.09. The fourth-order valence-corrected chi connectivity index (χ4v) is 3.49. The van der Waals surface area contributed by atoms with Gasteiger partial charge in [0.1, 0.15) is 17.3 Å².